The van der Waals surface area contributed by atoms with Crippen LogP contribution < -0.4 is 9.62 Å². The third kappa shape index (κ3) is 8.69. The number of anilines is 1. The Morgan fingerprint density at radius 2 is 1.46 bits per heavy atom. The minimum atomic E-state index is -4.19. The van der Waals surface area contributed by atoms with Gasteiger partial charge >= 0.3 is 0 Å². The Labute approximate surface area is 282 Å². The number of nitrogens with one attached hydrogen (secondary N) is 1. The van der Waals surface area contributed by atoms with Gasteiger partial charge in [0.2, 0.25) is 11.8 Å². The first-order valence-corrected chi connectivity index (χ1v) is 17.5. The second-order valence-corrected chi connectivity index (χ2v) is 13.8. The zero-order chi connectivity index (χ0) is 33.3. The van der Waals surface area contributed by atoms with Crippen molar-refractivity contribution in [3.8, 4) is 0 Å². The maximum absolute atomic E-state index is 14.6. The van der Waals surface area contributed by atoms with Crippen molar-refractivity contribution in [2.24, 2.45) is 0 Å². The summed E-state index contributed by atoms with van der Waals surface area (Å²) in [5.74, 6) is -0.903. The second kappa shape index (κ2) is 16.1. The zero-order valence-electron chi connectivity index (χ0n) is 26.2. The fourth-order valence-electron chi connectivity index (χ4n) is 5.11. The van der Waals surface area contributed by atoms with Crippen LogP contribution >= 0.6 is 23.2 Å². The molecule has 0 aliphatic carbocycles. The van der Waals surface area contributed by atoms with Gasteiger partial charge in [-0.2, -0.15) is 0 Å². The number of aryl methyl sites for hydroxylation is 1. The Hall–Kier alpha value is -3.85. The van der Waals surface area contributed by atoms with Gasteiger partial charge in [-0.1, -0.05) is 110 Å². The van der Waals surface area contributed by atoms with Crippen LogP contribution in [0.2, 0.25) is 10.0 Å². The number of para-hydroxylation sites is 1. The van der Waals surface area contributed by atoms with Gasteiger partial charge in [0.15, 0.2) is 0 Å². The molecular weight excluding hydrogens is 641 g/mol. The van der Waals surface area contributed by atoms with Crippen LogP contribution in [0.15, 0.2) is 108 Å². The van der Waals surface area contributed by atoms with Crippen molar-refractivity contribution in [2.75, 3.05) is 10.8 Å². The van der Waals surface area contributed by atoms with Crippen LogP contribution in [0, 0.1) is 0 Å². The Morgan fingerprint density at radius 3 is 2.09 bits per heavy atom. The van der Waals surface area contributed by atoms with E-state index in [1.54, 1.807) is 48.5 Å². The number of sulfonamides is 1. The van der Waals surface area contributed by atoms with E-state index in [4.69, 9.17) is 23.2 Å². The van der Waals surface area contributed by atoms with E-state index in [9.17, 15) is 18.0 Å². The number of amides is 2. The van der Waals surface area contributed by atoms with Gasteiger partial charge in [-0.3, -0.25) is 13.9 Å². The monoisotopic (exact) mass is 679 g/mol. The summed E-state index contributed by atoms with van der Waals surface area (Å²) in [6.45, 7) is 5.20. The SMILES string of the molecule is CCc1ccccc1N(CC(=O)N(Cc1ccc(Cl)cc1Cl)C(Cc1ccccc1)C(=O)NC(C)CC)S(=O)(=O)c1ccccc1. The largest absolute Gasteiger partial charge is 0.352 e. The lowest BCUT2D eigenvalue weighted by Gasteiger charge is -2.35. The molecule has 0 spiro atoms. The van der Waals surface area contributed by atoms with E-state index < -0.39 is 28.5 Å². The number of hydrogen-bond acceptors (Lipinski definition) is 4. The predicted molar refractivity (Wildman–Crippen MR) is 186 cm³/mol. The number of carbonyl (C=O) groups excluding carboxylic acids is 2. The molecule has 0 heterocycles. The van der Waals surface area contributed by atoms with E-state index in [0.717, 1.165) is 15.4 Å². The Morgan fingerprint density at radius 1 is 0.826 bits per heavy atom. The van der Waals surface area contributed by atoms with Crippen molar-refractivity contribution in [2.45, 2.75) is 63.6 Å². The highest BCUT2D eigenvalue weighted by molar-refractivity contribution is 7.92. The molecule has 7 nitrogen and oxygen atoms in total. The lowest BCUT2D eigenvalue weighted by atomic mass is 10.0. The van der Waals surface area contributed by atoms with Crippen molar-refractivity contribution < 1.29 is 18.0 Å². The molecule has 0 aliphatic rings. The minimum Gasteiger partial charge on any atom is -0.352 e. The van der Waals surface area contributed by atoms with Gasteiger partial charge in [0.05, 0.1) is 10.6 Å². The lowest BCUT2D eigenvalue weighted by Crippen LogP contribution is -2.54. The molecular formula is C36H39Cl2N3O4S. The number of hydrogen-bond donors (Lipinski definition) is 1. The molecule has 4 aromatic rings. The van der Waals surface area contributed by atoms with E-state index >= 15 is 0 Å². The van der Waals surface area contributed by atoms with Gasteiger partial charge in [-0.25, -0.2) is 8.42 Å². The summed E-state index contributed by atoms with van der Waals surface area (Å²) in [6.07, 6.45) is 1.44. The third-order valence-corrected chi connectivity index (χ3v) is 10.2. The van der Waals surface area contributed by atoms with Crippen molar-refractivity contribution >= 4 is 50.7 Å². The molecule has 2 amide bonds. The number of carbonyl (C=O) groups is 2. The molecule has 10 heteroatoms. The minimum absolute atomic E-state index is 0.0467. The zero-order valence-corrected chi connectivity index (χ0v) is 28.5. The molecule has 0 aliphatic heterocycles. The van der Waals surface area contributed by atoms with E-state index in [0.29, 0.717) is 34.1 Å². The molecule has 4 rings (SSSR count). The molecule has 2 unspecified atom stereocenters. The molecule has 242 valence electrons. The summed E-state index contributed by atoms with van der Waals surface area (Å²) in [5, 5.41) is 3.79. The normalized spacial score (nSPS) is 12.6. The Bertz CT molecular complexity index is 1740. The number of rotatable bonds is 14. The summed E-state index contributed by atoms with van der Waals surface area (Å²) in [6, 6.07) is 28.4. The first-order valence-electron chi connectivity index (χ1n) is 15.3. The van der Waals surface area contributed by atoms with Crippen LogP contribution in [0.4, 0.5) is 5.69 Å². The topological polar surface area (TPSA) is 86.8 Å². The summed E-state index contributed by atoms with van der Waals surface area (Å²) < 4.78 is 29.6. The second-order valence-electron chi connectivity index (χ2n) is 11.1. The first-order chi connectivity index (χ1) is 22.0. The van der Waals surface area contributed by atoms with E-state index in [-0.39, 0.29) is 29.8 Å². The number of nitrogens with zero attached hydrogens (tertiary/aromatic N) is 2. The van der Waals surface area contributed by atoms with Crippen molar-refractivity contribution in [3.63, 3.8) is 0 Å². The van der Waals surface area contributed by atoms with Crippen LogP contribution in [0.1, 0.15) is 43.9 Å². The van der Waals surface area contributed by atoms with Gasteiger partial charge in [-0.15, -0.1) is 0 Å². The van der Waals surface area contributed by atoms with E-state index in [1.807, 2.05) is 63.2 Å². The molecule has 46 heavy (non-hydrogen) atoms. The number of halogens is 2. The van der Waals surface area contributed by atoms with E-state index in [1.165, 1.54) is 17.0 Å². The smallest absolute Gasteiger partial charge is 0.264 e. The maximum Gasteiger partial charge on any atom is 0.264 e. The standard InChI is InChI=1S/C36H39Cl2N3O4S/c1-4-26(3)39-36(43)34(22-27-14-8-6-9-15-27)40(24-29-20-21-30(37)23-32(29)38)35(42)25-41(33-19-13-12-16-28(33)5-2)46(44,45)31-17-10-7-11-18-31/h6-21,23,26,34H,4-5,22,24-25H2,1-3H3,(H,39,43). The molecule has 0 radical (unpaired) electrons. The molecule has 0 saturated carbocycles. The average Bonchev–Trinajstić information content (AvgIpc) is 3.06. The van der Waals surface area contributed by atoms with Crippen molar-refractivity contribution in [1.82, 2.24) is 10.2 Å². The van der Waals surface area contributed by atoms with Gasteiger partial charge in [0, 0.05) is 29.1 Å². The fourth-order valence-corrected chi connectivity index (χ4v) is 7.06. The highest BCUT2D eigenvalue weighted by Gasteiger charge is 2.35. The predicted octanol–water partition coefficient (Wildman–Crippen LogP) is 7.31. The molecule has 0 saturated heterocycles. The number of benzene rings is 4. The highest BCUT2D eigenvalue weighted by atomic mass is 35.5. The van der Waals surface area contributed by atoms with Gasteiger partial charge < -0.3 is 10.2 Å². The average molecular weight is 681 g/mol. The van der Waals surface area contributed by atoms with Gasteiger partial charge in [0.25, 0.3) is 10.0 Å². The molecule has 0 bridgehead atoms. The summed E-state index contributed by atoms with van der Waals surface area (Å²) in [4.78, 5) is 30.1. The fraction of sp³-hybridized carbons (Fsp3) is 0.278. The van der Waals surface area contributed by atoms with Crippen LogP contribution in [0.3, 0.4) is 0 Å². The molecule has 4 aromatic carbocycles. The van der Waals surface area contributed by atoms with Crippen LogP contribution in [0.5, 0.6) is 0 Å². The maximum atomic E-state index is 14.6. The Balaban J connectivity index is 1.85. The summed E-state index contributed by atoms with van der Waals surface area (Å²) in [5.41, 5.74) is 2.57. The first kappa shape index (κ1) is 35.0. The Kier molecular flexibility index (Phi) is 12.3. The molecule has 2 atom stereocenters. The molecule has 0 aromatic heterocycles. The quantitative estimate of drug-likeness (QED) is 0.151. The van der Waals surface area contributed by atoms with Crippen LogP contribution in [0.25, 0.3) is 0 Å². The van der Waals surface area contributed by atoms with Crippen molar-refractivity contribution in [1.29, 1.82) is 0 Å². The summed E-state index contributed by atoms with van der Waals surface area (Å²) in [7, 11) is -4.19. The van der Waals surface area contributed by atoms with Crippen LogP contribution in [-0.4, -0.2) is 43.8 Å². The van der Waals surface area contributed by atoms with Crippen LogP contribution in [-0.2, 0) is 39.0 Å². The molecule has 1 N–H and O–H groups in total. The van der Waals surface area contributed by atoms with Crippen molar-refractivity contribution in [3.05, 3.63) is 130 Å². The van der Waals surface area contributed by atoms with Gasteiger partial charge in [0.1, 0.15) is 12.6 Å². The molecule has 0 fully saturated rings. The van der Waals surface area contributed by atoms with E-state index in [2.05, 4.69) is 5.32 Å². The van der Waals surface area contributed by atoms with Gasteiger partial charge in [-0.05, 0) is 66.8 Å². The summed E-state index contributed by atoms with van der Waals surface area (Å²) >= 11 is 12.8. The lowest BCUT2D eigenvalue weighted by molar-refractivity contribution is -0.140. The highest BCUT2D eigenvalue weighted by Crippen LogP contribution is 2.29. The third-order valence-electron chi connectivity index (χ3n) is 7.88.